The predicted molar refractivity (Wildman–Crippen MR) is 57.3 cm³/mol. The number of aliphatic hydroxyl groups excluding tert-OH is 2. The Bertz CT molecular complexity index is 196. The summed E-state index contributed by atoms with van der Waals surface area (Å²) in [4.78, 5) is 11.5. The molecule has 88 valence electrons. The number of hydrogen-bond donors (Lipinski definition) is 3. The molecule has 0 aromatic heterocycles. The van der Waals surface area contributed by atoms with Gasteiger partial charge in [0, 0.05) is 31.6 Å². The molecule has 1 amide bonds. The van der Waals surface area contributed by atoms with Crippen molar-refractivity contribution in [3.8, 4) is 0 Å². The van der Waals surface area contributed by atoms with Gasteiger partial charge in [0.1, 0.15) is 0 Å². The quantitative estimate of drug-likeness (QED) is 0.563. The lowest BCUT2D eigenvalue weighted by molar-refractivity contribution is -0.122. The molecule has 2 atom stereocenters. The number of carbonyl (C=O) groups excluding carboxylic acids is 1. The average Bonchev–Trinajstić information content (AvgIpc) is 2.65. The second kappa shape index (κ2) is 6.80. The first-order chi connectivity index (χ1) is 7.27. The summed E-state index contributed by atoms with van der Waals surface area (Å²) < 4.78 is 0. The van der Waals surface area contributed by atoms with Crippen molar-refractivity contribution in [1.82, 2.24) is 5.32 Å². The van der Waals surface area contributed by atoms with Gasteiger partial charge < -0.3 is 15.5 Å². The van der Waals surface area contributed by atoms with E-state index in [1.54, 1.807) is 0 Å². The van der Waals surface area contributed by atoms with E-state index in [1.807, 2.05) is 0 Å². The van der Waals surface area contributed by atoms with Crippen molar-refractivity contribution >= 4 is 5.91 Å². The maximum Gasteiger partial charge on any atom is 0.220 e. The fourth-order valence-corrected chi connectivity index (χ4v) is 2.12. The molecule has 15 heavy (non-hydrogen) atoms. The smallest absolute Gasteiger partial charge is 0.220 e. The summed E-state index contributed by atoms with van der Waals surface area (Å²) in [7, 11) is 0. The summed E-state index contributed by atoms with van der Waals surface area (Å²) >= 11 is 0. The highest BCUT2D eigenvalue weighted by Crippen LogP contribution is 2.25. The Morgan fingerprint density at radius 1 is 1.27 bits per heavy atom. The Hall–Kier alpha value is -0.610. The van der Waals surface area contributed by atoms with E-state index >= 15 is 0 Å². The van der Waals surface area contributed by atoms with Crippen LogP contribution in [0.2, 0.25) is 0 Å². The van der Waals surface area contributed by atoms with Crippen molar-refractivity contribution in [1.29, 1.82) is 0 Å². The van der Waals surface area contributed by atoms with Gasteiger partial charge in [0.2, 0.25) is 5.91 Å². The third-order valence-corrected chi connectivity index (χ3v) is 3.05. The molecule has 0 spiro atoms. The predicted octanol–water partition coefficient (Wildman–Crippen LogP) is 0.426. The first kappa shape index (κ1) is 12.5. The van der Waals surface area contributed by atoms with Gasteiger partial charge in [-0.1, -0.05) is 6.42 Å². The first-order valence-electron chi connectivity index (χ1n) is 5.79. The average molecular weight is 215 g/mol. The van der Waals surface area contributed by atoms with Crippen LogP contribution < -0.4 is 5.32 Å². The number of amides is 1. The monoisotopic (exact) mass is 215 g/mol. The molecule has 0 radical (unpaired) electrons. The standard InChI is InChI=1S/C11H21NO3/c13-7-2-1-6-11(15)12-10-5-3-4-9(10)8-14/h9-10,13-14H,1-8H2,(H,12,15). The topological polar surface area (TPSA) is 69.6 Å². The van der Waals surface area contributed by atoms with E-state index in [9.17, 15) is 4.79 Å². The van der Waals surface area contributed by atoms with Gasteiger partial charge in [-0.05, 0) is 25.7 Å². The maximum atomic E-state index is 11.5. The fourth-order valence-electron chi connectivity index (χ4n) is 2.12. The molecule has 0 heterocycles. The molecule has 0 saturated heterocycles. The Labute approximate surface area is 90.7 Å². The van der Waals surface area contributed by atoms with Gasteiger partial charge >= 0.3 is 0 Å². The van der Waals surface area contributed by atoms with E-state index in [1.165, 1.54) is 0 Å². The number of hydrogen-bond acceptors (Lipinski definition) is 3. The number of nitrogens with one attached hydrogen (secondary N) is 1. The van der Waals surface area contributed by atoms with Gasteiger partial charge in [0.25, 0.3) is 0 Å². The zero-order chi connectivity index (χ0) is 11.1. The largest absolute Gasteiger partial charge is 0.396 e. The molecule has 0 aliphatic heterocycles. The van der Waals surface area contributed by atoms with Crippen LogP contribution in [0.1, 0.15) is 38.5 Å². The van der Waals surface area contributed by atoms with Crippen molar-refractivity contribution < 1.29 is 15.0 Å². The lowest BCUT2D eigenvalue weighted by Gasteiger charge is -2.18. The molecular formula is C11H21NO3. The first-order valence-corrected chi connectivity index (χ1v) is 5.79. The van der Waals surface area contributed by atoms with Crippen LogP contribution in [0.15, 0.2) is 0 Å². The molecule has 3 N–H and O–H groups in total. The third-order valence-electron chi connectivity index (χ3n) is 3.05. The molecule has 0 bridgehead atoms. The van der Waals surface area contributed by atoms with Gasteiger partial charge in [-0.25, -0.2) is 0 Å². The molecule has 1 rings (SSSR count). The molecule has 1 aliphatic rings. The van der Waals surface area contributed by atoms with E-state index in [0.717, 1.165) is 25.7 Å². The summed E-state index contributed by atoms with van der Waals surface area (Å²) in [5.41, 5.74) is 0. The van der Waals surface area contributed by atoms with Crippen molar-refractivity contribution in [3.05, 3.63) is 0 Å². The normalized spacial score (nSPS) is 25.5. The van der Waals surface area contributed by atoms with Crippen LogP contribution in [0.4, 0.5) is 0 Å². The van der Waals surface area contributed by atoms with Crippen LogP contribution in [0.5, 0.6) is 0 Å². The summed E-state index contributed by atoms with van der Waals surface area (Å²) in [6, 6.07) is 0.164. The summed E-state index contributed by atoms with van der Waals surface area (Å²) in [5.74, 6) is 0.292. The van der Waals surface area contributed by atoms with E-state index in [4.69, 9.17) is 10.2 Å². The second-order valence-corrected chi connectivity index (χ2v) is 4.23. The lowest BCUT2D eigenvalue weighted by atomic mass is 10.0. The zero-order valence-corrected chi connectivity index (χ0v) is 9.11. The lowest BCUT2D eigenvalue weighted by Crippen LogP contribution is -2.38. The minimum Gasteiger partial charge on any atom is -0.396 e. The molecule has 1 aliphatic carbocycles. The van der Waals surface area contributed by atoms with Crippen LogP contribution in [-0.2, 0) is 4.79 Å². The van der Waals surface area contributed by atoms with E-state index in [-0.39, 0.29) is 31.1 Å². The summed E-state index contributed by atoms with van der Waals surface area (Å²) in [6.45, 7) is 0.317. The van der Waals surface area contributed by atoms with Crippen LogP contribution in [-0.4, -0.2) is 35.4 Å². The van der Waals surface area contributed by atoms with E-state index < -0.39 is 0 Å². The molecule has 0 aromatic rings. The Kier molecular flexibility index (Phi) is 5.65. The Morgan fingerprint density at radius 3 is 2.73 bits per heavy atom. The van der Waals surface area contributed by atoms with E-state index in [0.29, 0.717) is 12.8 Å². The van der Waals surface area contributed by atoms with Crippen LogP contribution in [0, 0.1) is 5.92 Å². The molecular weight excluding hydrogens is 194 g/mol. The maximum absolute atomic E-state index is 11.5. The van der Waals surface area contributed by atoms with E-state index in [2.05, 4.69) is 5.32 Å². The molecule has 2 unspecified atom stereocenters. The molecule has 1 fully saturated rings. The van der Waals surface area contributed by atoms with Gasteiger partial charge in [-0.2, -0.15) is 0 Å². The minimum atomic E-state index is 0.0498. The molecule has 0 aromatic carbocycles. The minimum absolute atomic E-state index is 0.0498. The fraction of sp³-hybridized carbons (Fsp3) is 0.909. The highest BCUT2D eigenvalue weighted by Gasteiger charge is 2.27. The van der Waals surface area contributed by atoms with Gasteiger partial charge in [0.05, 0.1) is 0 Å². The number of carbonyl (C=O) groups is 1. The van der Waals surface area contributed by atoms with Crippen LogP contribution >= 0.6 is 0 Å². The molecule has 1 saturated carbocycles. The van der Waals surface area contributed by atoms with Crippen molar-refractivity contribution in [2.45, 2.75) is 44.6 Å². The number of aliphatic hydroxyl groups is 2. The van der Waals surface area contributed by atoms with Gasteiger partial charge in [0.15, 0.2) is 0 Å². The van der Waals surface area contributed by atoms with Crippen LogP contribution in [0.25, 0.3) is 0 Å². The summed E-state index contributed by atoms with van der Waals surface area (Å²) in [5, 5.41) is 20.6. The molecule has 4 heteroatoms. The van der Waals surface area contributed by atoms with Gasteiger partial charge in [-0.15, -0.1) is 0 Å². The Balaban J connectivity index is 2.19. The highest BCUT2D eigenvalue weighted by atomic mass is 16.3. The molecule has 4 nitrogen and oxygen atoms in total. The van der Waals surface area contributed by atoms with Crippen molar-refractivity contribution in [2.24, 2.45) is 5.92 Å². The SMILES string of the molecule is O=C(CCCCO)NC1CCCC1CO. The second-order valence-electron chi connectivity index (χ2n) is 4.23. The van der Waals surface area contributed by atoms with Crippen LogP contribution in [0.3, 0.4) is 0 Å². The highest BCUT2D eigenvalue weighted by molar-refractivity contribution is 5.76. The van der Waals surface area contributed by atoms with Gasteiger partial charge in [-0.3, -0.25) is 4.79 Å². The van der Waals surface area contributed by atoms with Crippen molar-refractivity contribution in [3.63, 3.8) is 0 Å². The summed E-state index contributed by atoms with van der Waals surface area (Å²) in [6.07, 6.45) is 4.98. The zero-order valence-electron chi connectivity index (χ0n) is 9.11. The van der Waals surface area contributed by atoms with Crippen molar-refractivity contribution in [2.75, 3.05) is 13.2 Å². The number of rotatable bonds is 6. The third kappa shape index (κ3) is 4.18. The number of unbranched alkanes of at least 4 members (excludes halogenated alkanes) is 1. The Morgan fingerprint density at radius 2 is 2.07 bits per heavy atom.